The first-order chi connectivity index (χ1) is 5.33. The van der Waals surface area contributed by atoms with E-state index in [-0.39, 0.29) is 22.4 Å². The largest absolute Gasteiger partial charge is 0.458 e. The lowest BCUT2D eigenvalue weighted by Gasteiger charge is -2.33. The van der Waals surface area contributed by atoms with E-state index in [4.69, 9.17) is 4.74 Å². The molecule has 1 aliphatic heterocycles. The quantitative estimate of drug-likeness (QED) is 0.518. The molecule has 0 N–H and O–H groups in total. The van der Waals surface area contributed by atoms with E-state index < -0.39 is 0 Å². The number of ether oxygens (including phenoxy) is 1. The Morgan fingerprint density at radius 2 is 1.75 bits per heavy atom. The molecule has 0 aromatic heterocycles. The molecule has 2 rings (SSSR count). The number of hydrogen-bond acceptors (Lipinski definition) is 2. The average molecular weight is 168 g/mol. The first-order valence-corrected chi connectivity index (χ1v) is 4.57. The molecule has 68 valence electrons. The van der Waals surface area contributed by atoms with Gasteiger partial charge in [0, 0.05) is 5.41 Å². The Balaban J connectivity index is 2.56. The number of fused-ring (bicyclic) bond motifs is 2. The Kier molecular flexibility index (Phi) is 1.15. The number of carbonyl (C=O) groups is 1. The van der Waals surface area contributed by atoms with Crippen molar-refractivity contribution in [2.75, 3.05) is 0 Å². The van der Waals surface area contributed by atoms with Crippen molar-refractivity contribution in [1.29, 1.82) is 0 Å². The molecule has 1 heterocycles. The van der Waals surface area contributed by atoms with Crippen molar-refractivity contribution >= 4 is 5.97 Å². The molecule has 2 atom stereocenters. The molecule has 0 spiro atoms. The molecule has 2 nitrogen and oxygen atoms in total. The third-order valence-electron chi connectivity index (χ3n) is 4.57. The first-order valence-electron chi connectivity index (χ1n) is 4.57. The summed E-state index contributed by atoms with van der Waals surface area (Å²) in [6, 6.07) is 0. The van der Waals surface area contributed by atoms with Crippen LogP contribution in [0.5, 0.6) is 0 Å². The summed E-state index contributed by atoms with van der Waals surface area (Å²) in [7, 11) is 0. The highest BCUT2D eigenvalue weighted by molar-refractivity contribution is 5.82. The SMILES string of the molecule is CC1(C)[C@@]2(C)CC[C@]1(C)OC2=O. The maximum atomic E-state index is 11.6. The van der Waals surface area contributed by atoms with Gasteiger partial charge in [-0.2, -0.15) is 0 Å². The number of carbonyl (C=O) groups excluding carboxylic acids is 1. The van der Waals surface area contributed by atoms with E-state index >= 15 is 0 Å². The second-order valence-electron chi connectivity index (χ2n) is 5.08. The number of hydrogen-bond donors (Lipinski definition) is 0. The summed E-state index contributed by atoms with van der Waals surface area (Å²) in [6.45, 7) is 8.38. The molecule has 2 bridgehead atoms. The fourth-order valence-corrected chi connectivity index (χ4v) is 2.55. The molecule has 12 heavy (non-hydrogen) atoms. The fourth-order valence-electron chi connectivity index (χ4n) is 2.55. The lowest BCUT2D eigenvalue weighted by Crippen LogP contribution is -2.38. The second-order valence-corrected chi connectivity index (χ2v) is 5.08. The smallest absolute Gasteiger partial charge is 0.313 e. The van der Waals surface area contributed by atoms with Crippen molar-refractivity contribution in [2.24, 2.45) is 10.8 Å². The van der Waals surface area contributed by atoms with Gasteiger partial charge in [-0.3, -0.25) is 4.79 Å². The van der Waals surface area contributed by atoms with E-state index in [0.717, 1.165) is 12.8 Å². The van der Waals surface area contributed by atoms with Gasteiger partial charge in [0.15, 0.2) is 0 Å². The van der Waals surface area contributed by atoms with Gasteiger partial charge in [0.25, 0.3) is 0 Å². The van der Waals surface area contributed by atoms with E-state index in [1.807, 2.05) is 6.92 Å². The molecule has 0 amide bonds. The summed E-state index contributed by atoms with van der Waals surface area (Å²) in [4.78, 5) is 11.6. The van der Waals surface area contributed by atoms with E-state index in [1.54, 1.807) is 0 Å². The highest BCUT2D eigenvalue weighted by Gasteiger charge is 2.70. The van der Waals surface area contributed by atoms with Crippen LogP contribution in [0.2, 0.25) is 0 Å². The van der Waals surface area contributed by atoms with Gasteiger partial charge in [-0.15, -0.1) is 0 Å². The summed E-state index contributed by atoms with van der Waals surface area (Å²) in [5.41, 5.74) is -0.447. The third-order valence-corrected chi connectivity index (χ3v) is 4.57. The zero-order valence-corrected chi connectivity index (χ0v) is 8.23. The minimum atomic E-state index is -0.234. The topological polar surface area (TPSA) is 26.3 Å². The molecule has 2 fully saturated rings. The summed E-state index contributed by atoms with van der Waals surface area (Å²) in [5.74, 6) is 0.00116. The Bertz CT molecular complexity index is 257. The normalized spacial score (nSPS) is 49.5. The van der Waals surface area contributed by atoms with Crippen molar-refractivity contribution in [2.45, 2.75) is 46.1 Å². The van der Waals surface area contributed by atoms with Crippen LogP contribution in [0.1, 0.15) is 40.5 Å². The van der Waals surface area contributed by atoms with Crippen molar-refractivity contribution in [3.05, 3.63) is 0 Å². The summed E-state index contributed by atoms with van der Waals surface area (Å²) in [6.07, 6.45) is 2.00. The zero-order chi connectivity index (χ0) is 9.20. The van der Waals surface area contributed by atoms with Crippen LogP contribution in [0.3, 0.4) is 0 Å². The second kappa shape index (κ2) is 1.70. The minimum Gasteiger partial charge on any atom is -0.458 e. The molecule has 0 aromatic carbocycles. The van der Waals surface area contributed by atoms with Crippen LogP contribution in [0, 0.1) is 10.8 Å². The first kappa shape index (κ1) is 8.09. The highest BCUT2D eigenvalue weighted by atomic mass is 16.6. The number of esters is 1. The Morgan fingerprint density at radius 3 is 1.92 bits per heavy atom. The molecule has 1 saturated carbocycles. The zero-order valence-electron chi connectivity index (χ0n) is 8.23. The maximum absolute atomic E-state index is 11.6. The van der Waals surface area contributed by atoms with Gasteiger partial charge >= 0.3 is 5.97 Å². The molecule has 2 aliphatic rings. The molecular formula is C10H16O2. The van der Waals surface area contributed by atoms with Crippen molar-refractivity contribution in [3.63, 3.8) is 0 Å². The van der Waals surface area contributed by atoms with Gasteiger partial charge in [0.2, 0.25) is 0 Å². The predicted octanol–water partition coefficient (Wildman–Crippen LogP) is 2.13. The van der Waals surface area contributed by atoms with Crippen LogP contribution >= 0.6 is 0 Å². The van der Waals surface area contributed by atoms with Crippen molar-refractivity contribution in [1.82, 2.24) is 0 Å². The molecule has 0 radical (unpaired) electrons. The lowest BCUT2D eigenvalue weighted by molar-refractivity contribution is -0.158. The van der Waals surface area contributed by atoms with Crippen LogP contribution in [0.4, 0.5) is 0 Å². The molecule has 1 aliphatic carbocycles. The molecule has 2 heteroatoms. The monoisotopic (exact) mass is 168 g/mol. The Morgan fingerprint density at radius 1 is 1.17 bits per heavy atom. The molecule has 0 aromatic rings. The summed E-state index contributed by atoms with van der Waals surface area (Å²) in [5, 5.41) is 0. The van der Waals surface area contributed by atoms with Gasteiger partial charge in [-0.05, 0) is 26.7 Å². The van der Waals surface area contributed by atoms with Crippen molar-refractivity contribution in [3.8, 4) is 0 Å². The van der Waals surface area contributed by atoms with Gasteiger partial charge in [-0.1, -0.05) is 13.8 Å². The van der Waals surface area contributed by atoms with Crippen LogP contribution in [-0.2, 0) is 9.53 Å². The van der Waals surface area contributed by atoms with Gasteiger partial charge in [-0.25, -0.2) is 0 Å². The summed E-state index contributed by atoms with van der Waals surface area (Å²) >= 11 is 0. The van der Waals surface area contributed by atoms with Crippen LogP contribution in [0.25, 0.3) is 0 Å². The molecule has 1 saturated heterocycles. The Hall–Kier alpha value is -0.530. The van der Waals surface area contributed by atoms with Crippen molar-refractivity contribution < 1.29 is 9.53 Å². The summed E-state index contributed by atoms with van der Waals surface area (Å²) < 4.78 is 5.43. The van der Waals surface area contributed by atoms with Crippen LogP contribution in [-0.4, -0.2) is 11.6 Å². The fraction of sp³-hybridized carbons (Fsp3) is 0.900. The van der Waals surface area contributed by atoms with Gasteiger partial charge in [0.1, 0.15) is 5.60 Å². The number of rotatable bonds is 0. The Labute approximate surface area is 73.3 Å². The average Bonchev–Trinajstić information content (AvgIpc) is 2.18. The maximum Gasteiger partial charge on any atom is 0.313 e. The lowest BCUT2D eigenvalue weighted by atomic mass is 9.67. The van der Waals surface area contributed by atoms with Gasteiger partial charge in [0.05, 0.1) is 5.41 Å². The highest BCUT2D eigenvalue weighted by Crippen LogP contribution is 2.65. The van der Waals surface area contributed by atoms with E-state index in [2.05, 4.69) is 20.8 Å². The standard InChI is InChI=1S/C10H16O2/c1-8(2)9(3)5-6-10(8,4)12-7(9)11/h5-6H2,1-4H3/t9-,10-/m0/s1. The van der Waals surface area contributed by atoms with E-state index in [1.165, 1.54) is 0 Å². The molecule has 0 unspecified atom stereocenters. The minimum absolute atomic E-state index is 0.00116. The molecular weight excluding hydrogens is 152 g/mol. The van der Waals surface area contributed by atoms with Crippen LogP contribution in [0.15, 0.2) is 0 Å². The predicted molar refractivity (Wildman–Crippen MR) is 45.6 cm³/mol. The van der Waals surface area contributed by atoms with E-state index in [0.29, 0.717) is 0 Å². The van der Waals surface area contributed by atoms with Gasteiger partial charge < -0.3 is 4.74 Å². The van der Waals surface area contributed by atoms with Crippen LogP contribution < -0.4 is 0 Å². The van der Waals surface area contributed by atoms with E-state index in [9.17, 15) is 4.79 Å². The third kappa shape index (κ3) is 0.540.